The Kier molecular flexibility index (Phi) is 5.69. The highest BCUT2D eigenvalue weighted by Crippen LogP contribution is 2.56. The third-order valence-corrected chi connectivity index (χ3v) is 10.1. The van der Waals surface area contributed by atoms with Gasteiger partial charge >= 0.3 is 0 Å². The summed E-state index contributed by atoms with van der Waals surface area (Å²) in [6.45, 7) is 0. The van der Waals surface area contributed by atoms with Gasteiger partial charge in [0.1, 0.15) is 26.9 Å². The zero-order valence-corrected chi connectivity index (χ0v) is 16.7. The molecule has 3 aromatic carbocycles. The molecule has 0 aliphatic rings. The van der Waals surface area contributed by atoms with Crippen LogP contribution in [0.2, 0.25) is 0 Å². The summed E-state index contributed by atoms with van der Waals surface area (Å²) >= 11 is 7.49. The molecule has 0 nitrogen and oxygen atoms in total. The monoisotopic (exact) mass is 447 g/mol. The van der Waals surface area contributed by atoms with Gasteiger partial charge in [-0.25, -0.2) is 0 Å². The second kappa shape index (κ2) is 7.75. The molecule has 0 atom stereocenters. The van der Waals surface area contributed by atoms with Crippen molar-refractivity contribution in [2.75, 3.05) is 6.16 Å². The standard InChI is InChI=1S/C20H18Br2P/c21-20(22)16-23(17-10-4-1-5-11-17,18-12-6-2-7-13-18)19-14-8-3-9-15-19/h1-15,20H,16H2/q+1. The number of hydrogen-bond acceptors (Lipinski definition) is 0. The van der Waals surface area contributed by atoms with Crippen LogP contribution in [0, 0.1) is 0 Å². The van der Waals surface area contributed by atoms with E-state index >= 15 is 0 Å². The summed E-state index contributed by atoms with van der Waals surface area (Å²) in [7, 11) is -1.70. The highest BCUT2D eigenvalue weighted by Gasteiger charge is 2.46. The predicted molar refractivity (Wildman–Crippen MR) is 112 cm³/mol. The fraction of sp³-hybridized carbons (Fsp3) is 0.100. The molecule has 0 aromatic heterocycles. The maximum Gasteiger partial charge on any atom is 0.114 e. The van der Waals surface area contributed by atoms with Gasteiger partial charge in [-0.05, 0) is 36.4 Å². The molecule has 0 saturated heterocycles. The predicted octanol–water partition coefficient (Wildman–Crippen LogP) is 5.10. The van der Waals surface area contributed by atoms with Crippen LogP contribution in [0.5, 0.6) is 0 Å². The van der Waals surface area contributed by atoms with Crippen LogP contribution in [-0.2, 0) is 0 Å². The summed E-state index contributed by atoms with van der Waals surface area (Å²) in [6, 6.07) is 32.8. The van der Waals surface area contributed by atoms with E-state index in [0.717, 1.165) is 6.16 Å². The third-order valence-electron chi connectivity index (χ3n) is 4.00. The molecule has 0 heterocycles. The molecule has 3 aromatic rings. The van der Waals surface area contributed by atoms with E-state index in [1.165, 1.54) is 15.9 Å². The van der Waals surface area contributed by atoms with Gasteiger partial charge in [-0.3, -0.25) is 0 Å². The summed E-state index contributed by atoms with van der Waals surface area (Å²) in [5.74, 6) is 0. The topological polar surface area (TPSA) is 0 Å². The van der Waals surface area contributed by atoms with E-state index in [2.05, 4.69) is 123 Å². The number of halogens is 2. The number of alkyl halides is 2. The minimum absolute atomic E-state index is 0.268. The van der Waals surface area contributed by atoms with E-state index in [9.17, 15) is 0 Å². The van der Waals surface area contributed by atoms with Crippen LogP contribution in [0.25, 0.3) is 0 Å². The molecule has 0 amide bonds. The first-order chi connectivity index (χ1) is 11.2. The van der Waals surface area contributed by atoms with E-state index in [-0.39, 0.29) is 3.74 Å². The van der Waals surface area contributed by atoms with Crippen molar-refractivity contribution in [2.45, 2.75) is 3.74 Å². The van der Waals surface area contributed by atoms with E-state index in [1.54, 1.807) is 0 Å². The average molecular weight is 449 g/mol. The highest BCUT2D eigenvalue weighted by atomic mass is 79.9. The Bertz CT molecular complexity index is 631. The Morgan fingerprint density at radius 2 is 0.870 bits per heavy atom. The van der Waals surface area contributed by atoms with Crippen LogP contribution < -0.4 is 15.9 Å². The second-order valence-electron chi connectivity index (χ2n) is 5.39. The summed E-state index contributed by atoms with van der Waals surface area (Å²) in [5.41, 5.74) is 0. The summed E-state index contributed by atoms with van der Waals surface area (Å²) in [4.78, 5) is 0. The second-order valence-corrected chi connectivity index (χ2v) is 12.4. The van der Waals surface area contributed by atoms with Crippen LogP contribution in [0.3, 0.4) is 0 Å². The van der Waals surface area contributed by atoms with E-state index < -0.39 is 7.26 Å². The number of rotatable bonds is 5. The molecule has 0 saturated carbocycles. The quantitative estimate of drug-likeness (QED) is 0.376. The van der Waals surface area contributed by atoms with E-state index in [4.69, 9.17) is 0 Å². The van der Waals surface area contributed by atoms with Gasteiger partial charge in [-0.15, -0.1) is 0 Å². The van der Waals surface area contributed by atoms with Gasteiger partial charge in [0.05, 0.1) is 6.16 Å². The lowest BCUT2D eigenvalue weighted by Gasteiger charge is -2.28. The zero-order chi connectivity index (χ0) is 16.1. The minimum Gasteiger partial charge on any atom is -0.0724 e. The molecule has 116 valence electrons. The molecule has 0 unspecified atom stereocenters. The molecule has 0 radical (unpaired) electrons. The number of benzene rings is 3. The molecule has 23 heavy (non-hydrogen) atoms. The van der Waals surface area contributed by atoms with Gasteiger partial charge in [-0.1, -0.05) is 86.5 Å². The van der Waals surface area contributed by atoms with Crippen LogP contribution in [0.15, 0.2) is 91.0 Å². The summed E-state index contributed by atoms with van der Waals surface area (Å²) < 4.78 is 0.268. The SMILES string of the molecule is BrC(Br)C[P+](c1ccccc1)(c1ccccc1)c1ccccc1. The Morgan fingerprint density at radius 3 is 1.13 bits per heavy atom. The molecule has 3 rings (SSSR count). The lowest BCUT2D eigenvalue weighted by molar-refractivity contribution is 1.47. The molecule has 0 N–H and O–H groups in total. The zero-order valence-electron chi connectivity index (χ0n) is 12.6. The molecule has 0 bridgehead atoms. The maximum atomic E-state index is 3.75. The smallest absolute Gasteiger partial charge is 0.0724 e. The average Bonchev–Trinajstić information content (AvgIpc) is 2.62. The van der Waals surface area contributed by atoms with Gasteiger partial charge in [0.2, 0.25) is 0 Å². The van der Waals surface area contributed by atoms with E-state index in [0.29, 0.717) is 0 Å². The van der Waals surface area contributed by atoms with Gasteiger partial charge < -0.3 is 0 Å². The third kappa shape index (κ3) is 3.60. The fourth-order valence-corrected chi connectivity index (χ4v) is 9.61. The van der Waals surface area contributed by atoms with Crippen LogP contribution in [-0.4, -0.2) is 9.90 Å². The first-order valence-corrected chi connectivity index (χ1v) is 11.4. The molecule has 3 heteroatoms. The fourth-order valence-electron chi connectivity index (χ4n) is 3.02. The summed E-state index contributed by atoms with van der Waals surface area (Å²) in [5, 5.41) is 4.25. The van der Waals surface area contributed by atoms with E-state index in [1.807, 2.05) is 0 Å². The molecule has 0 spiro atoms. The number of hydrogen-bond donors (Lipinski definition) is 0. The molecular weight excluding hydrogens is 431 g/mol. The maximum absolute atomic E-state index is 3.75. The van der Waals surface area contributed by atoms with Crippen molar-refractivity contribution in [3.8, 4) is 0 Å². The Hall–Kier alpha value is -0.950. The summed E-state index contributed by atoms with van der Waals surface area (Å²) in [6.07, 6.45) is 1.03. The van der Waals surface area contributed by atoms with Crippen molar-refractivity contribution < 1.29 is 0 Å². The van der Waals surface area contributed by atoms with Crippen LogP contribution >= 0.6 is 39.1 Å². The van der Waals surface area contributed by atoms with Gasteiger partial charge in [0.25, 0.3) is 0 Å². The van der Waals surface area contributed by atoms with Crippen molar-refractivity contribution in [3.05, 3.63) is 91.0 Å². The molecule has 0 aliphatic heterocycles. The lowest BCUT2D eigenvalue weighted by Crippen LogP contribution is -2.34. The molecule has 0 fully saturated rings. The lowest BCUT2D eigenvalue weighted by atomic mass is 10.4. The largest absolute Gasteiger partial charge is 0.114 e. The van der Waals surface area contributed by atoms with Crippen molar-refractivity contribution in [2.24, 2.45) is 0 Å². The van der Waals surface area contributed by atoms with Gasteiger partial charge in [0, 0.05) is 0 Å². The van der Waals surface area contributed by atoms with Crippen molar-refractivity contribution in [3.63, 3.8) is 0 Å². The first kappa shape index (κ1) is 16.9. The highest BCUT2D eigenvalue weighted by molar-refractivity contribution is 9.24. The molecular formula is C20H18Br2P+. The Morgan fingerprint density at radius 1 is 0.565 bits per heavy atom. The van der Waals surface area contributed by atoms with Gasteiger partial charge in [0.15, 0.2) is 0 Å². The Labute approximate surface area is 155 Å². The van der Waals surface area contributed by atoms with Crippen molar-refractivity contribution in [1.82, 2.24) is 0 Å². The van der Waals surface area contributed by atoms with Crippen molar-refractivity contribution in [1.29, 1.82) is 0 Å². The van der Waals surface area contributed by atoms with Crippen molar-refractivity contribution >= 4 is 55.0 Å². The normalized spacial score (nSPS) is 11.6. The first-order valence-electron chi connectivity index (χ1n) is 7.56. The van der Waals surface area contributed by atoms with Crippen LogP contribution in [0.4, 0.5) is 0 Å². The van der Waals surface area contributed by atoms with Crippen LogP contribution in [0.1, 0.15) is 0 Å². The minimum atomic E-state index is -1.70. The molecule has 0 aliphatic carbocycles. The van der Waals surface area contributed by atoms with Gasteiger partial charge in [-0.2, -0.15) is 0 Å². The Balaban J connectivity index is 2.30.